The molecule has 0 fully saturated rings. The average molecular weight is 758 g/mol. The van der Waals surface area contributed by atoms with E-state index in [4.69, 9.17) is 28.1 Å². The topological polar surface area (TPSA) is 42.2 Å². The summed E-state index contributed by atoms with van der Waals surface area (Å²) in [5.41, 5.74) is 5.02. The summed E-state index contributed by atoms with van der Waals surface area (Å²) >= 11 is 0. The second kappa shape index (κ2) is 14.0. The highest BCUT2D eigenvalue weighted by atomic mass is 16.3. The fourth-order valence-electron chi connectivity index (χ4n) is 7.13. The summed E-state index contributed by atoms with van der Waals surface area (Å²) in [6.45, 7) is 0. The molecule has 4 heteroatoms. The van der Waals surface area contributed by atoms with E-state index in [0.717, 1.165) is 33.2 Å². The van der Waals surface area contributed by atoms with Crippen molar-refractivity contribution in [1.82, 2.24) is 9.97 Å². The summed E-state index contributed by atoms with van der Waals surface area (Å²) in [5.74, 6) is 0. The summed E-state index contributed by atoms with van der Waals surface area (Å²) in [5, 5.41) is 0.480. The van der Waals surface area contributed by atoms with Gasteiger partial charge < -0.3 is 9.32 Å². The number of anilines is 3. The van der Waals surface area contributed by atoms with Crippen molar-refractivity contribution in [3.63, 3.8) is 0 Å². The molecule has 0 N–H and O–H groups in total. The summed E-state index contributed by atoms with van der Waals surface area (Å²) in [6, 6.07) is 23.3. The zero-order valence-electron chi connectivity index (χ0n) is 46.2. The van der Waals surface area contributed by atoms with Gasteiger partial charge in [0.2, 0.25) is 0 Å². The third-order valence-electron chi connectivity index (χ3n) is 9.85. The number of furan rings is 1. The number of benzene rings is 9. The Balaban J connectivity index is 1.07. The van der Waals surface area contributed by atoms with E-state index in [2.05, 4.69) is 6.07 Å². The maximum atomic E-state index is 9.53. The van der Waals surface area contributed by atoms with E-state index in [1.54, 1.807) is 18.2 Å². The van der Waals surface area contributed by atoms with Crippen molar-refractivity contribution in [3.05, 3.63) is 212 Å². The fraction of sp³-hybridized carbons (Fsp3) is 0. The van der Waals surface area contributed by atoms with Gasteiger partial charge in [-0.3, -0.25) is 0 Å². The van der Waals surface area contributed by atoms with Crippen molar-refractivity contribution in [2.24, 2.45) is 0 Å². The molecule has 0 radical (unpaired) electrons. The van der Waals surface area contributed by atoms with Crippen LogP contribution in [0.3, 0.4) is 0 Å². The van der Waals surface area contributed by atoms with Gasteiger partial charge in [0.25, 0.3) is 0 Å². The molecule has 11 rings (SSSR count). The average Bonchev–Trinajstić information content (AvgIpc) is 3.79. The van der Waals surface area contributed by atoms with Crippen LogP contribution >= 0.6 is 0 Å². The number of hydrogen-bond acceptors (Lipinski definition) is 4. The number of nitrogens with zero attached hydrogens (tertiary/aromatic N) is 3. The standard InChI is InChI=1S/C54H35N3O/c1-4-13-36(14-5-1)37-15-12-16-42(32-37)53-54(56-50-22-11-10-21-49(50)55-53)43-27-30-51-48(34-43)47-29-26-41(35-52(47)58-51)38-23-24-40-33-46(28-25-39(40)31-38)57(44-17-6-2-7-18-44)45-19-8-3-9-20-45/h1-35H/i2D,3D,6D,7D,8D,9D,17D,18D,19D,20D,23D,24D,25D,28D,31D,33D. The van der Waals surface area contributed by atoms with Crippen LogP contribution in [0.2, 0.25) is 0 Å². The molecule has 2 aromatic heterocycles. The zero-order chi connectivity index (χ0) is 52.3. The first-order valence-corrected chi connectivity index (χ1v) is 18.3. The predicted molar refractivity (Wildman–Crippen MR) is 241 cm³/mol. The van der Waals surface area contributed by atoms with Crippen molar-refractivity contribution in [2.75, 3.05) is 4.90 Å². The molecule has 0 amide bonds. The predicted octanol–water partition coefficient (Wildman–Crippen LogP) is 14.8. The van der Waals surface area contributed by atoms with Crippen LogP contribution in [-0.4, -0.2) is 9.97 Å². The number of hydrogen-bond donors (Lipinski definition) is 0. The Hall–Kier alpha value is -7.82. The van der Waals surface area contributed by atoms with Gasteiger partial charge in [-0.25, -0.2) is 9.97 Å². The summed E-state index contributed by atoms with van der Waals surface area (Å²) < 4.78 is 148. The van der Waals surface area contributed by atoms with Crippen LogP contribution in [0.15, 0.2) is 216 Å². The number of aromatic nitrogens is 2. The molecule has 11 aromatic rings. The van der Waals surface area contributed by atoms with Crippen LogP contribution < -0.4 is 4.90 Å². The van der Waals surface area contributed by atoms with E-state index in [1.807, 2.05) is 91.0 Å². The molecule has 0 spiro atoms. The molecule has 0 saturated heterocycles. The Morgan fingerprint density at radius 3 is 1.74 bits per heavy atom. The first-order chi connectivity index (χ1) is 35.4. The van der Waals surface area contributed by atoms with Crippen LogP contribution in [0.1, 0.15) is 21.9 Å². The van der Waals surface area contributed by atoms with E-state index in [0.29, 0.717) is 38.4 Å². The van der Waals surface area contributed by atoms with Gasteiger partial charge in [0.05, 0.1) is 44.4 Å². The second-order valence-electron chi connectivity index (χ2n) is 13.4. The van der Waals surface area contributed by atoms with Gasteiger partial charge in [-0.15, -0.1) is 0 Å². The van der Waals surface area contributed by atoms with Gasteiger partial charge >= 0.3 is 0 Å². The molecule has 0 unspecified atom stereocenters. The van der Waals surface area contributed by atoms with Crippen LogP contribution in [-0.2, 0) is 0 Å². The monoisotopic (exact) mass is 757 g/mol. The zero-order valence-corrected chi connectivity index (χ0v) is 30.2. The fourth-order valence-corrected chi connectivity index (χ4v) is 7.13. The minimum absolute atomic E-state index is 0.132. The summed E-state index contributed by atoms with van der Waals surface area (Å²) in [7, 11) is 0. The van der Waals surface area contributed by atoms with E-state index < -0.39 is 125 Å². The quantitative estimate of drug-likeness (QED) is 0.162. The highest BCUT2D eigenvalue weighted by Crippen LogP contribution is 2.40. The third-order valence-corrected chi connectivity index (χ3v) is 9.85. The Bertz CT molecular complexity index is 4110. The lowest BCUT2D eigenvalue weighted by Gasteiger charge is -2.25. The SMILES string of the molecule is [2H]c1c([2H])c([2H])c(N(c2c([2H])c([2H])c([2H])c([2H])c2[2H])c2c([2H])c([2H])c3c([2H])c(-c4ccc5c(c4)oc4ccc(-c6nc7ccccc7nc6-c6cccc(-c7ccccc7)c6)cc45)c([2H])c([2H])c3c2[2H])c([2H])c1[2H]. The molecule has 272 valence electrons. The number of rotatable bonds is 7. The Morgan fingerprint density at radius 2 is 1.00 bits per heavy atom. The van der Waals surface area contributed by atoms with Crippen LogP contribution in [0.4, 0.5) is 17.1 Å². The van der Waals surface area contributed by atoms with Gasteiger partial charge in [0.15, 0.2) is 0 Å². The van der Waals surface area contributed by atoms with Crippen LogP contribution in [0.25, 0.3) is 88.5 Å². The van der Waals surface area contributed by atoms with Crippen LogP contribution in [0.5, 0.6) is 0 Å². The summed E-state index contributed by atoms with van der Waals surface area (Å²) in [4.78, 5) is 10.8. The molecular formula is C54H35N3O. The molecule has 0 aliphatic heterocycles. The largest absolute Gasteiger partial charge is 0.456 e. The van der Waals surface area contributed by atoms with Crippen molar-refractivity contribution in [1.29, 1.82) is 0 Å². The van der Waals surface area contributed by atoms with E-state index in [-0.39, 0.29) is 11.1 Å². The van der Waals surface area contributed by atoms with Crippen molar-refractivity contribution in [2.45, 2.75) is 0 Å². The second-order valence-corrected chi connectivity index (χ2v) is 13.4. The first-order valence-electron chi connectivity index (χ1n) is 26.3. The lowest BCUT2D eigenvalue weighted by molar-refractivity contribution is 0.669. The molecular weight excluding hydrogens is 707 g/mol. The van der Waals surface area contributed by atoms with Crippen molar-refractivity contribution < 1.29 is 26.3 Å². The Labute approximate surface area is 358 Å². The van der Waals surface area contributed by atoms with Crippen LogP contribution in [0, 0.1) is 0 Å². The highest BCUT2D eigenvalue weighted by Gasteiger charge is 2.18. The molecule has 9 aromatic carbocycles. The van der Waals surface area contributed by atoms with E-state index in [9.17, 15) is 8.22 Å². The summed E-state index contributed by atoms with van der Waals surface area (Å²) in [6.07, 6.45) is 0. The van der Waals surface area contributed by atoms with Crippen molar-refractivity contribution in [3.8, 4) is 44.8 Å². The number of para-hydroxylation sites is 4. The van der Waals surface area contributed by atoms with Gasteiger partial charge in [-0.1, -0.05) is 121 Å². The number of fused-ring (bicyclic) bond motifs is 5. The molecule has 0 saturated carbocycles. The Morgan fingerprint density at radius 1 is 0.397 bits per heavy atom. The maximum absolute atomic E-state index is 9.53. The van der Waals surface area contributed by atoms with Gasteiger partial charge in [0.1, 0.15) is 11.2 Å². The minimum Gasteiger partial charge on any atom is -0.456 e. The van der Waals surface area contributed by atoms with E-state index in [1.165, 1.54) is 0 Å². The third kappa shape index (κ3) is 6.05. The smallest absolute Gasteiger partial charge is 0.136 e. The lowest BCUT2D eigenvalue weighted by atomic mass is 9.97. The molecule has 0 atom stereocenters. The first kappa shape index (κ1) is 20.9. The highest BCUT2D eigenvalue weighted by molar-refractivity contribution is 6.08. The molecule has 0 aliphatic rings. The normalized spacial score (nSPS) is 15.3. The molecule has 58 heavy (non-hydrogen) atoms. The molecule has 0 bridgehead atoms. The molecule has 4 nitrogen and oxygen atoms in total. The van der Waals surface area contributed by atoms with E-state index >= 15 is 0 Å². The molecule has 0 aliphatic carbocycles. The van der Waals surface area contributed by atoms with Crippen molar-refractivity contribution >= 4 is 60.8 Å². The maximum Gasteiger partial charge on any atom is 0.136 e. The lowest BCUT2D eigenvalue weighted by Crippen LogP contribution is -2.09. The van der Waals surface area contributed by atoms with Gasteiger partial charge in [0, 0.05) is 39.0 Å². The minimum atomic E-state index is -0.925. The Kier molecular flexibility index (Phi) is 5.06. The van der Waals surface area contributed by atoms with Gasteiger partial charge in [-0.05, 0) is 124 Å². The molecule has 2 heterocycles. The van der Waals surface area contributed by atoms with Gasteiger partial charge in [-0.2, -0.15) is 0 Å².